The Morgan fingerprint density at radius 3 is 2.40 bits per heavy atom. The van der Waals surface area contributed by atoms with Crippen molar-refractivity contribution in [3.63, 3.8) is 0 Å². The molecule has 3 nitrogen and oxygen atoms in total. The number of hydrogen-bond donors (Lipinski definition) is 1. The average Bonchev–Trinajstić information content (AvgIpc) is 2.70. The van der Waals surface area contributed by atoms with Crippen LogP contribution in [-0.2, 0) is 10.2 Å². The van der Waals surface area contributed by atoms with E-state index < -0.39 is 11.6 Å². The standard InChI is InChI=1S/C17H24O3/c1-12-9-10-17(4,11-12)13-5-7-14(8-6-13)20-16(2,3)15(18)19/h5-8,12H,9-11H2,1-4H3,(H,18,19)/t12-,17-/m0/s1. The summed E-state index contributed by atoms with van der Waals surface area (Å²) in [6.45, 7) is 7.73. The Morgan fingerprint density at radius 1 is 1.35 bits per heavy atom. The van der Waals surface area contributed by atoms with Gasteiger partial charge in [0.2, 0.25) is 0 Å². The van der Waals surface area contributed by atoms with Crippen molar-refractivity contribution >= 4 is 5.97 Å². The molecular formula is C17H24O3. The maximum absolute atomic E-state index is 11.1. The van der Waals surface area contributed by atoms with Crippen LogP contribution < -0.4 is 4.74 Å². The number of ether oxygens (including phenoxy) is 1. The minimum Gasteiger partial charge on any atom is -0.478 e. The largest absolute Gasteiger partial charge is 0.478 e. The number of benzene rings is 1. The SMILES string of the molecule is C[C@H]1CC[C@](C)(c2ccc(OC(C)(C)C(=O)O)cc2)C1. The summed E-state index contributed by atoms with van der Waals surface area (Å²) in [6, 6.07) is 7.92. The molecule has 1 aromatic carbocycles. The molecule has 2 rings (SSSR count). The minimum absolute atomic E-state index is 0.250. The molecule has 0 heterocycles. The van der Waals surface area contributed by atoms with Crippen LogP contribution in [0.4, 0.5) is 0 Å². The Kier molecular flexibility index (Phi) is 3.81. The van der Waals surface area contributed by atoms with Gasteiger partial charge in [0.1, 0.15) is 5.75 Å². The Hall–Kier alpha value is -1.51. The van der Waals surface area contributed by atoms with Crippen molar-refractivity contribution in [3.05, 3.63) is 29.8 Å². The average molecular weight is 276 g/mol. The van der Waals surface area contributed by atoms with Crippen LogP contribution in [-0.4, -0.2) is 16.7 Å². The summed E-state index contributed by atoms with van der Waals surface area (Å²) in [4.78, 5) is 11.1. The molecule has 0 amide bonds. The van der Waals surface area contributed by atoms with Crippen LogP contribution in [0.15, 0.2) is 24.3 Å². The van der Waals surface area contributed by atoms with Gasteiger partial charge in [0.15, 0.2) is 5.60 Å². The van der Waals surface area contributed by atoms with E-state index in [-0.39, 0.29) is 5.41 Å². The molecule has 1 aliphatic carbocycles. The van der Waals surface area contributed by atoms with Crippen molar-refractivity contribution in [3.8, 4) is 5.75 Å². The third-order valence-corrected chi connectivity index (χ3v) is 4.43. The molecule has 0 saturated heterocycles. The Balaban J connectivity index is 2.13. The predicted molar refractivity (Wildman–Crippen MR) is 79.2 cm³/mol. The molecule has 20 heavy (non-hydrogen) atoms. The van der Waals surface area contributed by atoms with Gasteiger partial charge in [0.25, 0.3) is 0 Å². The summed E-state index contributed by atoms with van der Waals surface area (Å²) < 4.78 is 5.54. The van der Waals surface area contributed by atoms with Gasteiger partial charge in [0.05, 0.1) is 0 Å². The zero-order valence-electron chi connectivity index (χ0n) is 12.8. The fourth-order valence-electron chi connectivity index (χ4n) is 3.06. The van der Waals surface area contributed by atoms with Gasteiger partial charge in [-0.25, -0.2) is 4.79 Å². The Labute approximate surface area is 121 Å². The van der Waals surface area contributed by atoms with Crippen LogP contribution in [0.1, 0.15) is 52.5 Å². The highest BCUT2D eigenvalue weighted by Gasteiger charge is 2.34. The maximum Gasteiger partial charge on any atom is 0.347 e. The summed E-state index contributed by atoms with van der Waals surface area (Å²) in [5, 5.41) is 9.07. The molecule has 110 valence electrons. The first kappa shape index (κ1) is 14.9. The fraction of sp³-hybridized carbons (Fsp3) is 0.588. The molecule has 0 aromatic heterocycles. The second kappa shape index (κ2) is 5.12. The number of rotatable bonds is 4. The molecule has 0 spiro atoms. The second-order valence-corrected chi connectivity index (χ2v) is 6.85. The zero-order chi connectivity index (χ0) is 15.0. The lowest BCUT2D eigenvalue weighted by atomic mass is 9.80. The van der Waals surface area contributed by atoms with Crippen molar-refractivity contribution in [2.75, 3.05) is 0 Å². The number of hydrogen-bond acceptors (Lipinski definition) is 2. The molecule has 0 unspecified atom stereocenters. The molecule has 1 aliphatic rings. The normalized spacial score (nSPS) is 26.5. The highest BCUT2D eigenvalue weighted by molar-refractivity contribution is 5.76. The Morgan fingerprint density at radius 2 is 1.95 bits per heavy atom. The molecule has 1 fully saturated rings. The molecule has 0 bridgehead atoms. The number of carbonyl (C=O) groups is 1. The molecule has 1 saturated carbocycles. The van der Waals surface area contributed by atoms with Crippen molar-refractivity contribution in [2.45, 2.75) is 58.0 Å². The molecule has 0 radical (unpaired) electrons. The van der Waals surface area contributed by atoms with E-state index in [0.717, 1.165) is 5.92 Å². The molecule has 2 atom stereocenters. The van der Waals surface area contributed by atoms with Gasteiger partial charge in [-0.3, -0.25) is 0 Å². The summed E-state index contributed by atoms with van der Waals surface area (Å²) in [5.74, 6) is 0.427. The molecule has 0 aliphatic heterocycles. The summed E-state index contributed by atoms with van der Waals surface area (Å²) in [7, 11) is 0. The van der Waals surface area contributed by atoms with Crippen LogP contribution in [0.5, 0.6) is 5.75 Å². The van der Waals surface area contributed by atoms with Crippen LogP contribution in [0.2, 0.25) is 0 Å². The molecule has 3 heteroatoms. The monoisotopic (exact) mass is 276 g/mol. The van der Waals surface area contributed by atoms with Gasteiger partial charge in [-0.15, -0.1) is 0 Å². The lowest BCUT2D eigenvalue weighted by Crippen LogP contribution is -2.37. The van der Waals surface area contributed by atoms with Gasteiger partial charge >= 0.3 is 5.97 Å². The first-order chi connectivity index (χ1) is 9.23. The topological polar surface area (TPSA) is 46.5 Å². The van der Waals surface area contributed by atoms with E-state index >= 15 is 0 Å². The minimum atomic E-state index is -1.20. The Bertz CT molecular complexity index is 489. The second-order valence-electron chi connectivity index (χ2n) is 6.85. The lowest BCUT2D eigenvalue weighted by Gasteiger charge is -2.26. The van der Waals surface area contributed by atoms with E-state index in [9.17, 15) is 4.79 Å². The van der Waals surface area contributed by atoms with Gasteiger partial charge < -0.3 is 9.84 Å². The quantitative estimate of drug-likeness (QED) is 0.904. The summed E-state index contributed by atoms with van der Waals surface area (Å²) in [6.07, 6.45) is 3.71. The highest BCUT2D eigenvalue weighted by atomic mass is 16.5. The van der Waals surface area contributed by atoms with E-state index in [4.69, 9.17) is 9.84 Å². The third kappa shape index (κ3) is 2.97. The lowest BCUT2D eigenvalue weighted by molar-refractivity contribution is -0.152. The van der Waals surface area contributed by atoms with Crippen LogP contribution in [0.3, 0.4) is 0 Å². The molecule has 1 aromatic rings. The predicted octanol–water partition coefficient (Wildman–Crippen LogP) is 4.01. The smallest absolute Gasteiger partial charge is 0.347 e. The van der Waals surface area contributed by atoms with Gasteiger partial charge in [0, 0.05) is 0 Å². The van der Waals surface area contributed by atoms with Crippen LogP contribution >= 0.6 is 0 Å². The van der Waals surface area contributed by atoms with E-state index in [1.807, 2.05) is 12.1 Å². The van der Waals surface area contributed by atoms with Crippen molar-refractivity contribution < 1.29 is 14.6 Å². The van der Waals surface area contributed by atoms with E-state index in [1.54, 1.807) is 13.8 Å². The molecular weight excluding hydrogens is 252 g/mol. The van der Waals surface area contributed by atoms with Gasteiger partial charge in [-0.1, -0.05) is 26.0 Å². The first-order valence-corrected chi connectivity index (χ1v) is 7.26. The van der Waals surface area contributed by atoms with Crippen molar-refractivity contribution in [2.24, 2.45) is 5.92 Å². The van der Waals surface area contributed by atoms with Gasteiger partial charge in [-0.05, 0) is 62.1 Å². The zero-order valence-corrected chi connectivity index (χ0v) is 12.8. The van der Waals surface area contributed by atoms with Gasteiger partial charge in [-0.2, -0.15) is 0 Å². The molecule has 1 N–H and O–H groups in total. The van der Waals surface area contributed by atoms with E-state index in [2.05, 4.69) is 26.0 Å². The first-order valence-electron chi connectivity index (χ1n) is 7.26. The third-order valence-electron chi connectivity index (χ3n) is 4.43. The number of carboxylic acid groups (broad SMARTS) is 1. The van der Waals surface area contributed by atoms with Crippen LogP contribution in [0, 0.1) is 5.92 Å². The van der Waals surface area contributed by atoms with E-state index in [1.165, 1.54) is 24.8 Å². The van der Waals surface area contributed by atoms with Crippen molar-refractivity contribution in [1.82, 2.24) is 0 Å². The maximum atomic E-state index is 11.1. The fourth-order valence-corrected chi connectivity index (χ4v) is 3.06. The highest BCUT2D eigenvalue weighted by Crippen LogP contribution is 2.43. The van der Waals surface area contributed by atoms with Crippen molar-refractivity contribution in [1.29, 1.82) is 0 Å². The summed E-state index contributed by atoms with van der Waals surface area (Å²) >= 11 is 0. The number of aliphatic carboxylic acids is 1. The number of carboxylic acids is 1. The summed E-state index contributed by atoms with van der Waals surface area (Å²) in [5.41, 5.74) is 0.371. The van der Waals surface area contributed by atoms with E-state index in [0.29, 0.717) is 5.75 Å². The van der Waals surface area contributed by atoms with Crippen LogP contribution in [0.25, 0.3) is 0 Å².